The van der Waals surface area contributed by atoms with Gasteiger partial charge in [0, 0.05) is 6.04 Å². The molecule has 1 aliphatic carbocycles. The van der Waals surface area contributed by atoms with Gasteiger partial charge in [0.15, 0.2) is 0 Å². The van der Waals surface area contributed by atoms with Gasteiger partial charge in [-0.15, -0.1) is 0 Å². The van der Waals surface area contributed by atoms with Gasteiger partial charge >= 0.3 is 0 Å². The van der Waals surface area contributed by atoms with E-state index in [-0.39, 0.29) is 0 Å². The van der Waals surface area contributed by atoms with Crippen molar-refractivity contribution < 1.29 is 0 Å². The Kier molecular flexibility index (Phi) is 2.72. The van der Waals surface area contributed by atoms with Crippen molar-refractivity contribution in [3.8, 4) is 0 Å². The molecule has 1 saturated carbocycles. The molecule has 59 valence electrons. The lowest BCUT2D eigenvalue weighted by Crippen LogP contribution is -2.39. The van der Waals surface area contributed by atoms with Gasteiger partial charge in [-0.05, 0) is 31.1 Å². The minimum Gasteiger partial charge on any atom is -0.327 e. The van der Waals surface area contributed by atoms with Gasteiger partial charge in [-0.1, -0.05) is 20.3 Å². The van der Waals surface area contributed by atoms with Crippen LogP contribution < -0.4 is 5.73 Å². The van der Waals surface area contributed by atoms with Gasteiger partial charge < -0.3 is 5.73 Å². The maximum Gasteiger partial charge on any atom is 0.00931 e. The molecule has 1 nitrogen and oxygen atoms in total. The molecule has 0 aliphatic heterocycles. The Balaban J connectivity index is 2.42. The van der Waals surface area contributed by atoms with E-state index < -0.39 is 0 Å². The van der Waals surface area contributed by atoms with E-state index in [2.05, 4.69) is 20.3 Å². The normalized spacial score (nSPS) is 41.7. The topological polar surface area (TPSA) is 26.0 Å². The van der Waals surface area contributed by atoms with Crippen LogP contribution in [-0.4, -0.2) is 6.04 Å². The third-order valence-electron chi connectivity index (χ3n) is 2.73. The quantitative estimate of drug-likeness (QED) is 0.592. The van der Waals surface area contributed by atoms with Crippen molar-refractivity contribution in [1.29, 1.82) is 0 Å². The molecular weight excluding hydrogens is 122 g/mol. The molecule has 0 heterocycles. The smallest absolute Gasteiger partial charge is 0.00931 e. The molecule has 0 amide bonds. The van der Waals surface area contributed by atoms with Crippen LogP contribution in [0.2, 0.25) is 0 Å². The lowest BCUT2D eigenvalue weighted by Gasteiger charge is -2.32. The van der Waals surface area contributed by atoms with Gasteiger partial charge in [-0.25, -0.2) is 0 Å². The molecule has 2 N–H and O–H groups in total. The Morgan fingerprint density at radius 2 is 2.20 bits per heavy atom. The highest BCUT2D eigenvalue weighted by Crippen LogP contribution is 2.28. The Bertz CT molecular complexity index is 101. The molecule has 1 rings (SSSR count). The van der Waals surface area contributed by atoms with Gasteiger partial charge in [0.2, 0.25) is 0 Å². The zero-order valence-electron chi connectivity index (χ0n) is 7.01. The third kappa shape index (κ3) is 1.51. The summed E-state index contributed by atoms with van der Waals surface area (Å²) in [5.74, 6) is 1.46. The van der Waals surface area contributed by atoms with Crippen molar-refractivity contribution in [2.75, 3.05) is 0 Å². The first-order chi connectivity index (χ1) is 4.75. The molecule has 0 aromatic heterocycles. The van der Waals surface area contributed by atoms with Gasteiger partial charge in [0.25, 0.3) is 0 Å². The second kappa shape index (κ2) is 3.38. The van der Waals surface area contributed by atoms with Crippen LogP contribution in [0.3, 0.4) is 0 Å². The highest BCUT2D eigenvalue weighted by molar-refractivity contribution is 4.89. The molecule has 0 aromatic carbocycles. The fourth-order valence-electron chi connectivity index (χ4n) is 1.79. The second-order valence-corrected chi connectivity index (χ2v) is 3.48. The van der Waals surface area contributed by atoms with Crippen molar-refractivity contribution in [2.24, 2.45) is 17.6 Å². The highest BCUT2D eigenvalue weighted by atomic mass is 14.7. The van der Waals surface area contributed by atoms with Crippen LogP contribution >= 0.6 is 0 Å². The van der Waals surface area contributed by atoms with Crippen LogP contribution in [0.25, 0.3) is 0 Å². The number of rotatable bonds is 1. The van der Waals surface area contributed by atoms with Crippen LogP contribution in [0, 0.1) is 18.3 Å². The summed E-state index contributed by atoms with van der Waals surface area (Å²) in [6.07, 6.45) is 6.09. The molecule has 10 heavy (non-hydrogen) atoms. The zero-order valence-corrected chi connectivity index (χ0v) is 7.01. The largest absolute Gasteiger partial charge is 0.327 e. The lowest BCUT2D eigenvalue weighted by atomic mass is 9.77. The van der Waals surface area contributed by atoms with Crippen molar-refractivity contribution in [3.63, 3.8) is 0 Å². The molecular formula is C9H18N. The average Bonchev–Trinajstić information content (AvgIpc) is 1.95. The Hall–Kier alpha value is -0.0400. The van der Waals surface area contributed by atoms with Crippen LogP contribution in [0.4, 0.5) is 0 Å². The molecule has 1 heteroatoms. The van der Waals surface area contributed by atoms with Crippen LogP contribution in [0.5, 0.6) is 0 Å². The monoisotopic (exact) mass is 140 g/mol. The lowest BCUT2D eigenvalue weighted by molar-refractivity contribution is 0.269. The summed E-state index contributed by atoms with van der Waals surface area (Å²) in [5, 5.41) is 0. The van der Waals surface area contributed by atoms with E-state index in [9.17, 15) is 0 Å². The second-order valence-electron chi connectivity index (χ2n) is 3.48. The first-order valence-electron chi connectivity index (χ1n) is 4.33. The molecule has 0 aromatic rings. The summed E-state index contributed by atoms with van der Waals surface area (Å²) in [6.45, 7) is 4.49. The van der Waals surface area contributed by atoms with Gasteiger partial charge in [-0.2, -0.15) is 0 Å². The maximum atomic E-state index is 6.01. The van der Waals surface area contributed by atoms with E-state index in [1.165, 1.54) is 19.3 Å². The van der Waals surface area contributed by atoms with Crippen LogP contribution in [0.15, 0.2) is 0 Å². The van der Waals surface area contributed by atoms with Crippen molar-refractivity contribution in [2.45, 2.75) is 39.2 Å². The summed E-state index contributed by atoms with van der Waals surface area (Å²) >= 11 is 0. The fraction of sp³-hybridized carbons (Fsp3) is 0.889. The summed E-state index contributed by atoms with van der Waals surface area (Å²) in [4.78, 5) is 0. The molecule has 1 radical (unpaired) electrons. The van der Waals surface area contributed by atoms with Gasteiger partial charge in [-0.3, -0.25) is 0 Å². The average molecular weight is 140 g/mol. The SMILES string of the molecule is CCC1C[CH]CC(C)C1N. The fourth-order valence-corrected chi connectivity index (χ4v) is 1.79. The first-order valence-corrected chi connectivity index (χ1v) is 4.33. The number of nitrogens with two attached hydrogens (primary N) is 1. The molecule has 0 saturated heterocycles. The number of hydrogen-bond donors (Lipinski definition) is 1. The third-order valence-corrected chi connectivity index (χ3v) is 2.73. The van der Waals surface area contributed by atoms with E-state index >= 15 is 0 Å². The van der Waals surface area contributed by atoms with Crippen LogP contribution in [-0.2, 0) is 0 Å². The summed E-state index contributed by atoms with van der Waals surface area (Å²) in [6, 6.07) is 0.454. The van der Waals surface area contributed by atoms with Crippen molar-refractivity contribution in [3.05, 3.63) is 6.42 Å². The molecule has 0 spiro atoms. The predicted molar refractivity (Wildman–Crippen MR) is 44.5 cm³/mol. The Labute approximate surface area is 64.0 Å². The minimum absolute atomic E-state index is 0.454. The Morgan fingerprint density at radius 3 is 2.70 bits per heavy atom. The molecule has 3 atom stereocenters. The summed E-state index contributed by atoms with van der Waals surface area (Å²) in [5.41, 5.74) is 6.01. The van der Waals surface area contributed by atoms with E-state index in [1.54, 1.807) is 0 Å². The molecule has 3 unspecified atom stereocenters. The van der Waals surface area contributed by atoms with E-state index in [0.29, 0.717) is 12.0 Å². The van der Waals surface area contributed by atoms with E-state index in [0.717, 1.165) is 5.92 Å². The maximum absolute atomic E-state index is 6.01. The Morgan fingerprint density at radius 1 is 1.50 bits per heavy atom. The van der Waals surface area contributed by atoms with Crippen molar-refractivity contribution >= 4 is 0 Å². The zero-order chi connectivity index (χ0) is 7.56. The predicted octanol–water partition coefficient (Wildman–Crippen LogP) is 1.97. The highest BCUT2D eigenvalue weighted by Gasteiger charge is 2.25. The van der Waals surface area contributed by atoms with E-state index in [1.807, 2.05) is 0 Å². The molecule has 0 bridgehead atoms. The first kappa shape index (κ1) is 8.06. The number of hydrogen-bond acceptors (Lipinski definition) is 1. The minimum atomic E-state index is 0.454. The molecule has 1 aliphatic rings. The molecule has 1 fully saturated rings. The van der Waals surface area contributed by atoms with E-state index in [4.69, 9.17) is 5.73 Å². The van der Waals surface area contributed by atoms with Gasteiger partial charge in [0.1, 0.15) is 0 Å². The van der Waals surface area contributed by atoms with Gasteiger partial charge in [0.05, 0.1) is 0 Å². The van der Waals surface area contributed by atoms with Crippen LogP contribution in [0.1, 0.15) is 33.1 Å². The van der Waals surface area contributed by atoms with Crippen molar-refractivity contribution in [1.82, 2.24) is 0 Å². The summed E-state index contributed by atoms with van der Waals surface area (Å²) < 4.78 is 0. The standard InChI is InChI=1S/C9H18N/c1-3-8-6-4-5-7(2)9(8)10/h4,7-9H,3,5-6,10H2,1-2H3. The summed E-state index contributed by atoms with van der Waals surface area (Å²) in [7, 11) is 0.